The molecule has 1 saturated heterocycles. The van der Waals surface area contributed by atoms with Crippen molar-refractivity contribution < 1.29 is 9.59 Å². The minimum atomic E-state index is 0.0822. The molecule has 0 aromatic carbocycles. The first-order valence-electron chi connectivity index (χ1n) is 8.80. The zero-order valence-electron chi connectivity index (χ0n) is 14.4. The Balaban J connectivity index is 1.38. The lowest BCUT2D eigenvalue weighted by Gasteiger charge is -2.34. The van der Waals surface area contributed by atoms with Crippen LogP contribution < -0.4 is 0 Å². The molecule has 2 amide bonds. The number of nitrogens with one attached hydrogen (secondary N) is 1. The molecule has 2 aliphatic rings. The molecule has 2 aromatic heterocycles. The Morgan fingerprint density at radius 1 is 1.36 bits per heavy atom. The summed E-state index contributed by atoms with van der Waals surface area (Å²) in [6.07, 6.45) is 4.82. The summed E-state index contributed by atoms with van der Waals surface area (Å²) in [5.41, 5.74) is 2.08. The predicted molar refractivity (Wildman–Crippen MR) is 97.3 cm³/mol. The Labute approximate surface area is 151 Å². The van der Waals surface area contributed by atoms with E-state index in [4.69, 9.17) is 0 Å². The number of piperidine rings is 1. The minimum absolute atomic E-state index is 0.0822. The Kier molecular flexibility index (Phi) is 4.15. The number of amides is 2. The number of thiophene rings is 1. The number of hydrogen-bond acceptors (Lipinski definition) is 3. The highest BCUT2D eigenvalue weighted by molar-refractivity contribution is 7.07. The molecule has 2 aromatic rings. The van der Waals surface area contributed by atoms with Gasteiger partial charge in [0, 0.05) is 38.8 Å². The maximum atomic E-state index is 12.5. The number of H-pyrrole nitrogens is 1. The van der Waals surface area contributed by atoms with E-state index in [1.165, 1.54) is 5.56 Å². The van der Waals surface area contributed by atoms with Crippen molar-refractivity contribution in [2.45, 2.75) is 38.8 Å². The van der Waals surface area contributed by atoms with Gasteiger partial charge in [-0.05, 0) is 59.2 Å². The molecule has 6 heteroatoms. The van der Waals surface area contributed by atoms with Crippen molar-refractivity contribution in [3.63, 3.8) is 0 Å². The molecule has 2 fully saturated rings. The Morgan fingerprint density at radius 2 is 2.16 bits per heavy atom. The fourth-order valence-electron chi connectivity index (χ4n) is 4.11. The van der Waals surface area contributed by atoms with Crippen molar-refractivity contribution >= 4 is 23.2 Å². The second-order valence-corrected chi connectivity index (χ2v) is 8.02. The maximum Gasteiger partial charge on any atom is 0.270 e. The van der Waals surface area contributed by atoms with Gasteiger partial charge in [-0.1, -0.05) is 0 Å². The van der Waals surface area contributed by atoms with Gasteiger partial charge in [0.1, 0.15) is 5.69 Å². The molecule has 25 heavy (non-hydrogen) atoms. The van der Waals surface area contributed by atoms with E-state index in [9.17, 15) is 9.59 Å². The number of rotatable bonds is 4. The third-order valence-corrected chi connectivity index (χ3v) is 6.47. The van der Waals surface area contributed by atoms with Crippen LogP contribution in [-0.4, -0.2) is 45.7 Å². The maximum absolute atomic E-state index is 12.5. The number of aromatic nitrogens is 1. The molecule has 5 nitrogen and oxygen atoms in total. The van der Waals surface area contributed by atoms with E-state index in [-0.39, 0.29) is 17.2 Å². The summed E-state index contributed by atoms with van der Waals surface area (Å²) in [5.74, 6) is 0.233. The Hall–Kier alpha value is -2.08. The molecule has 1 saturated carbocycles. The van der Waals surface area contributed by atoms with E-state index >= 15 is 0 Å². The first kappa shape index (κ1) is 16.4. The summed E-state index contributed by atoms with van der Waals surface area (Å²) in [6.45, 7) is 3.93. The van der Waals surface area contributed by atoms with E-state index in [1.807, 2.05) is 21.9 Å². The van der Waals surface area contributed by atoms with Crippen LogP contribution in [0, 0.1) is 5.41 Å². The average Bonchev–Trinajstić information content (AvgIpc) is 3.07. The zero-order valence-corrected chi connectivity index (χ0v) is 15.2. The van der Waals surface area contributed by atoms with Gasteiger partial charge in [0.25, 0.3) is 5.91 Å². The van der Waals surface area contributed by atoms with Crippen LogP contribution in [-0.2, 0) is 11.3 Å². The van der Waals surface area contributed by atoms with E-state index in [1.54, 1.807) is 24.5 Å². The van der Waals surface area contributed by atoms with E-state index < -0.39 is 0 Å². The van der Waals surface area contributed by atoms with Gasteiger partial charge in [0.05, 0.1) is 0 Å². The van der Waals surface area contributed by atoms with Gasteiger partial charge in [0.2, 0.25) is 5.91 Å². The Morgan fingerprint density at radius 3 is 2.76 bits per heavy atom. The molecular formula is C19H23N3O2S. The first-order chi connectivity index (χ1) is 12.1. The highest BCUT2D eigenvalue weighted by atomic mass is 32.1. The van der Waals surface area contributed by atoms with Gasteiger partial charge < -0.3 is 14.8 Å². The molecule has 0 unspecified atom stereocenters. The molecule has 1 atom stereocenters. The van der Waals surface area contributed by atoms with Gasteiger partial charge in [-0.2, -0.15) is 11.3 Å². The topological polar surface area (TPSA) is 56.4 Å². The van der Waals surface area contributed by atoms with Crippen LogP contribution in [0.25, 0.3) is 0 Å². The lowest BCUT2D eigenvalue weighted by atomic mass is 9.92. The molecular weight excluding hydrogens is 334 g/mol. The summed E-state index contributed by atoms with van der Waals surface area (Å²) >= 11 is 1.67. The first-order valence-corrected chi connectivity index (χ1v) is 9.74. The summed E-state index contributed by atoms with van der Waals surface area (Å²) < 4.78 is 0. The Bertz CT molecular complexity index is 746. The van der Waals surface area contributed by atoms with Gasteiger partial charge >= 0.3 is 0 Å². The minimum Gasteiger partial charge on any atom is -0.357 e. The van der Waals surface area contributed by atoms with Crippen molar-refractivity contribution in [3.8, 4) is 0 Å². The summed E-state index contributed by atoms with van der Waals surface area (Å²) in [6, 6.07) is 6.09. The van der Waals surface area contributed by atoms with Crippen molar-refractivity contribution in [1.82, 2.24) is 14.8 Å². The molecule has 4 rings (SSSR count). The third-order valence-electron chi connectivity index (χ3n) is 5.74. The lowest BCUT2D eigenvalue weighted by molar-refractivity contribution is -0.130. The van der Waals surface area contributed by atoms with Crippen LogP contribution in [0.15, 0.2) is 35.2 Å². The second-order valence-electron chi connectivity index (χ2n) is 7.24. The number of hydrogen-bond donors (Lipinski definition) is 1. The molecule has 0 radical (unpaired) electrons. The monoisotopic (exact) mass is 357 g/mol. The predicted octanol–water partition coefficient (Wildman–Crippen LogP) is 3.12. The number of aromatic amines is 1. The number of carbonyl (C=O) groups is 2. The normalized spacial score (nSPS) is 21.3. The summed E-state index contributed by atoms with van der Waals surface area (Å²) in [7, 11) is 0. The van der Waals surface area contributed by atoms with Gasteiger partial charge in [0.15, 0.2) is 0 Å². The van der Waals surface area contributed by atoms with Crippen LogP contribution in [0.5, 0.6) is 0 Å². The van der Waals surface area contributed by atoms with Crippen molar-refractivity contribution in [1.29, 1.82) is 0 Å². The zero-order chi connectivity index (χ0) is 17.4. The standard InChI is InChI=1S/C19H23N3O2S/c1-14(23)22(12-15-4-10-25-13-15)17-11-19(17)5-8-21(9-6-19)18(24)16-3-2-7-20-16/h2-4,7,10,13,17,20H,5-6,8-9,11-12H2,1H3/t17-/m0/s1. The van der Waals surface area contributed by atoms with Crippen LogP contribution in [0.4, 0.5) is 0 Å². The van der Waals surface area contributed by atoms with Crippen LogP contribution in [0.3, 0.4) is 0 Å². The van der Waals surface area contributed by atoms with Crippen molar-refractivity contribution in [2.24, 2.45) is 5.41 Å². The quantitative estimate of drug-likeness (QED) is 0.914. The SMILES string of the molecule is CC(=O)N(Cc1ccsc1)[C@H]1CC12CCN(C(=O)c1ccc[nH]1)CC2. The molecule has 1 N–H and O–H groups in total. The van der Waals surface area contributed by atoms with Crippen molar-refractivity contribution in [3.05, 3.63) is 46.4 Å². The smallest absolute Gasteiger partial charge is 0.270 e. The largest absolute Gasteiger partial charge is 0.357 e. The molecule has 1 aliphatic carbocycles. The van der Waals surface area contributed by atoms with Gasteiger partial charge in [-0.15, -0.1) is 0 Å². The van der Waals surface area contributed by atoms with E-state index in [2.05, 4.69) is 21.8 Å². The molecule has 3 heterocycles. The number of carbonyl (C=O) groups excluding carboxylic acids is 2. The highest BCUT2D eigenvalue weighted by Crippen LogP contribution is 2.57. The fourth-order valence-corrected chi connectivity index (χ4v) is 4.77. The van der Waals surface area contributed by atoms with Gasteiger partial charge in [-0.3, -0.25) is 9.59 Å². The average molecular weight is 357 g/mol. The number of nitrogens with zero attached hydrogens (tertiary/aromatic N) is 2. The second kappa shape index (κ2) is 6.33. The van der Waals surface area contributed by atoms with E-state index in [0.717, 1.165) is 32.4 Å². The van der Waals surface area contributed by atoms with Crippen LogP contribution in [0.1, 0.15) is 42.2 Å². The van der Waals surface area contributed by atoms with Crippen LogP contribution in [0.2, 0.25) is 0 Å². The van der Waals surface area contributed by atoms with Gasteiger partial charge in [-0.25, -0.2) is 0 Å². The summed E-state index contributed by atoms with van der Waals surface area (Å²) in [5, 5.41) is 4.17. The lowest BCUT2D eigenvalue weighted by Crippen LogP contribution is -2.42. The molecule has 132 valence electrons. The third kappa shape index (κ3) is 3.11. The molecule has 0 bridgehead atoms. The molecule has 1 spiro atoms. The molecule has 1 aliphatic heterocycles. The highest BCUT2D eigenvalue weighted by Gasteiger charge is 2.58. The summed E-state index contributed by atoms with van der Waals surface area (Å²) in [4.78, 5) is 31.6. The van der Waals surface area contributed by atoms with Crippen molar-refractivity contribution in [2.75, 3.05) is 13.1 Å². The fraction of sp³-hybridized carbons (Fsp3) is 0.474. The number of likely N-dealkylation sites (tertiary alicyclic amines) is 1. The van der Waals surface area contributed by atoms with E-state index in [0.29, 0.717) is 18.3 Å². The van der Waals surface area contributed by atoms with Crippen LogP contribution >= 0.6 is 11.3 Å².